The van der Waals surface area contributed by atoms with Crippen LogP contribution in [0.4, 0.5) is 5.69 Å². The van der Waals surface area contributed by atoms with Gasteiger partial charge in [0.25, 0.3) is 5.56 Å². The van der Waals surface area contributed by atoms with Crippen LogP contribution in [0.5, 0.6) is 0 Å². The van der Waals surface area contributed by atoms with Gasteiger partial charge < -0.3 is 10.3 Å². The topological polar surface area (TPSA) is 48.0 Å². The zero-order valence-electron chi connectivity index (χ0n) is 10.5. The molecule has 1 aromatic carbocycles. The van der Waals surface area contributed by atoms with E-state index in [2.05, 4.69) is 20.8 Å². The summed E-state index contributed by atoms with van der Waals surface area (Å²) in [5.41, 5.74) is 6.22. The lowest BCUT2D eigenvalue weighted by Gasteiger charge is -2.26. The molecular formula is C14H18N2O. The van der Waals surface area contributed by atoms with Gasteiger partial charge in [0.15, 0.2) is 0 Å². The highest BCUT2D eigenvalue weighted by molar-refractivity contribution is 5.84. The van der Waals surface area contributed by atoms with Gasteiger partial charge in [-0.15, -0.1) is 0 Å². The Morgan fingerprint density at radius 1 is 1.29 bits per heavy atom. The molecule has 1 aromatic heterocycles. The van der Waals surface area contributed by atoms with Gasteiger partial charge >= 0.3 is 0 Å². The van der Waals surface area contributed by atoms with Crippen molar-refractivity contribution in [1.29, 1.82) is 0 Å². The van der Waals surface area contributed by atoms with Crippen molar-refractivity contribution < 1.29 is 0 Å². The number of nitrogens with two attached hydrogens (primary N) is 1. The van der Waals surface area contributed by atoms with Gasteiger partial charge in [0.1, 0.15) is 0 Å². The van der Waals surface area contributed by atoms with E-state index in [1.165, 1.54) is 0 Å². The molecule has 0 aliphatic carbocycles. The molecule has 0 aliphatic rings. The summed E-state index contributed by atoms with van der Waals surface area (Å²) in [6, 6.07) is 7.42. The van der Waals surface area contributed by atoms with Crippen molar-refractivity contribution in [3.05, 3.63) is 40.8 Å². The van der Waals surface area contributed by atoms with Crippen LogP contribution in [0.15, 0.2) is 35.3 Å². The summed E-state index contributed by atoms with van der Waals surface area (Å²) in [4.78, 5) is 12.4. The van der Waals surface area contributed by atoms with Gasteiger partial charge in [0.05, 0.1) is 0 Å². The lowest BCUT2D eigenvalue weighted by Crippen LogP contribution is -2.35. The first-order chi connectivity index (χ1) is 7.95. The van der Waals surface area contributed by atoms with E-state index in [1.807, 2.05) is 24.4 Å². The molecule has 0 spiro atoms. The minimum Gasteiger partial charge on any atom is -0.399 e. The number of pyridine rings is 1. The lowest BCUT2D eigenvalue weighted by molar-refractivity contribution is 0.333. The summed E-state index contributed by atoms with van der Waals surface area (Å²) < 4.78 is 1.79. The SMILES string of the molecule is CCC(C)(C)n1ccc2ccc(N)cc2c1=O. The number of anilines is 1. The average molecular weight is 230 g/mol. The fraction of sp³-hybridized carbons (Fsp3) is 0.357. The molecule has 0 saturated heterocycles. The summed E-state index contributed by atoms with van der Waals surface area (Å²) in [6.45, 7) is 6.20. The van der Waals surface area contributed by atoms with E-state index in [0.717, 1.165) is 11.8 Å². The summed E-state index contributed by atoms with van der Waals surface area (Å²) in [7, 11) is 0. The summed E-state index contributed by atoms with van der Waals surface area (Å²) in [5.74, 6) is 0. The Morgan fingerprint density at radius 2 is 2.00 bits per heavy atom. The van der Waals surface area contributed by atoms with Crippen LogP contribution in [0.25, 0.3) is 10.8 Å². The van der Waals surface area contributed by atoms with Crippen LogP contribution < -0.4 is 11.3 Å². The van der Waals surface area contributed by atoms with Crippen LogP contribution in [0, 0.1) is 0 Å². The Kier molecular flexibility index (Phi) is 2.69. The number of hydrogen-bond donors (Lipinski definition) is 1. The molecule has 2 aromatic rings. The Morgan fingerprint density at radius 3 is 2.65 bits per heavy atom. The van der Waals surface area contributed by atoms with Crippen molar-refractivity contribution in [3.63, 3.8) is 0 Å². The Balaban J connectivity index is 2.78. The molecule has 0 unspecified atom stereocenters. The number of aromatic nitrogens is 1. The maximum absolute atomic E-state index is 12.4. The molecule has 0 bridgehead atoms. The van der Waals surface area contributed by atoms with Crippen molar-refractivity contribution in [2.45, 2.75) is 32.7 Å². The molecule has 90 valence electrons. The second kappa shape index (κ2) is 3.91. The molecule has 0 aliphatic heterocycles. The first kappa shape index (κ1) is 11.7. The fourth-order valence-electron chi connectivity index (χ4n) is 1.90. The van der Waals surface area contributed by atoms with Crippen molar-refractivity contribution >= 4 is 16.5 Å². The summed E-state index contributed by atoms with van der Waals surface area (Å²) in [5, 5.41) is 1.63. The van der Waals surface area contributed by atoms with E-state index in [0.29, 0.717) is 11.1 Å². The van der Waals surface area contributed by atoms with Crippen LogP contribution in [-0.2, 0) is 5.54 Å². The molecule has 3 nitrogen and oxygen atoms in total. The van der Waals surface area contributed by atoms with Crippen LogP contribution in [-0.4, -0.2) is 4.57 Å². The second-order valence-corrected chi connectivity index (χ2v) is 5.00. The first-order valence-electron chi connectivity index (χ1n) is 5.87. The van der Waals surface area contributed by atoms with Gasteiger partial charge in [0, 0.05) is 22.8 Å². The van der Waals surface area contributed by atoms with E-state index >= 15 is 0 Å². The Bertz CT molecular complexity index is 611. The highest BCUT2D eigenvalue weighted by Crippen LogP contribution is 2.20. The molecule has 0 amide bonds. The van der Waals surface area contributed by atoms with Crippen LogP contribution in [0.1, 0.15) is 27.2 Å². The number of benzene rings is 1. The Labute approximate surface area is 101 Å². The summed E-state index contributed by atoms with van der Waals surface area (Å²) >= 11 is 0. The largest absolute Gasteiger partial charge is 0.399 e. The molecule has 2 rings (SSSR count). The number of hydrogen-bond acceptors (Lipinski definition) is 2. The maximum Gasteiger partial charge on any atom is 0.258 e. The minimum absolute atomic E-state index is 0.0293. The van der Waals surface area contributed by atoms with Crippen molar-refractivity contribution in [1.82, 2.24) is 4.57 Å². The molecule has 0 fully saturated rings. The average Bonchev–Trinajstić information content (AvgIpc) is 2.30. The second-order valence-electron chi connectivity index (χ2n) is 5.00. The maximum atomic E-state index is 12.4. The zero-order chi connectivity index (χ0) is 12.6. The van der Waals surface area contributed by atoms with Crippen molar-refractivity contribution in [3.8, 4) is 0 Å². The minimum atomic E-state index is -0.171. The van der Waals surface area contributed by atoms with Crippen LogP contribution in [0.3, 0.4) is 0 Å². The van der Waals surface area contributed by atoms with Gasteiger partial charge in [-0.05, 0) is 43.9 Å². The third-order valence-electron chi connectivity index (χ3n) is 3.45. The Hall–Kier alpha value is -1.77. The highest BCUT2D eigenvalue weighted by Gasteiger charge is 2.19. The molecule has 17 heavy (non-hydrogen) atoms. The molecule has 2 N–H and O–H groups in total. The van der Waals surface area contributed by atoms with Gasteiger partial charge in [-0.3, -0.25) is 4.79 Å². The van der Waals surface area contributed by atoms with E-state index in [4.69, 9.17) is 5.73 Å². The number of nitrogens with zero attached hydrogens (tertiary/aromatic N) is 1. The van der Waals surface area contributed by atoms with Crippen LogP contribution in [0.2, 0.25) is 0 Å². The van der Waals surface area contributed by atoms with Gasteiger partial charge in [-0.25, -0.2) is 0 Å². The monoisotopic (exact) mass is 230 g/mol. The highest BCUT2D eigenvalue weighted by atomic mass is 16.1. The third-order valence-corrected chi connectivity index (χ3v) is 3.45. The van der Waals surface area contributed by atoms with Crippen molar-refractivity contribution in [2.75, 3.05) is 5.73 Å². The predicted molar refractivity (Wildman–Crippen MR) is 72.2 cm³/mol. The summed E-state index contributed by atoms with van der Waals surface area (Å²) in [6.07, 6.45) is 2.77. The lowest BCUT2D eigenvalue weighted by atomic mass is 10.0. The number of rotatable bonds is 2. The fourth-order valence-corrected chi connectivity index (χ4v) is 1.90. The molecular weight excluding hydrogens is 212 g/mol. The standard InChI is InChI=1S/C14H18N2O/c1-4-14(2,3)16-8-7-10-5-6-11(15)9-12(10)13(16)17/h5-9H,4,15H2,1-3H3. The zero-order valence-corrected chi connectivity index (χ0v) is 10.5. The molecule has 0 radical (unpaired) electrons. The molecule has 1 heterocycles. The van der Waals surface area contributed by atoms with Gasteiger partial charge in [0.2, 0.25) is 0 Å². The smallest absolute Gasteiger partial charge is 0.258 e. The predicted octanol–water partition coefficient (Wildman–Crippen LogP) is 2.73. The number of fused-ring (bicyclic) bond motifs is 1. The van der Waals surface area contributed by atoms with Gasteiger partial charge in [-0.2, -0.15) is 0 Å². The van der Waals surface area contributed by atoms with Crippen LogP contribution >= 0.6 is 0 Å². The van der Waals surface area contributed by atoms with E-state index < -0.39 is 0 Å². The number of nitrogen functional groups attached to an aromatic ring is 1. The van der Waals surface area contributed by atoms with E-state index in [1.54, 1.807) is 10.6 Å². The quantitative estimate of drug-likeness (QED) is 0.806. The first-order valence-corrected chi connectivity index (χ1v) is 5.87. The van der Waals surface area contributed by atoms with Gasteiger partial charge in [-0.1, -0.05) is 13.0 Å². The van der Waals surface area contributed by atoms with E-state index in [-0.39, 0.29) is 11.1 Å². The van der Waals surface area contributed by atoms with E-state index in [9.17, 15) is 4.79 Å². The third kappa shape index (κ3) is 1.93. The molecule has 0 atom stereocenters. The molecule has 3 heteroatoms. The van der Waals surface area contributed by atoms with Crippen molar-refractivity contribution in [2.24, 2.45) is 0 Å². The normalized spacial score (nSPS) is 11.9. The molecule has 0 saturated carbocycles.